The minimum absolute atomic E-state index is 1.09. The molecular weight excluding hydrogens is 835 g/mol. The fraction of sp³-hybridized carbons (Fsp3) is 0.0606. The van der Waals surface area contributed by atoms with Crippen LogP contribution in [0.15, 0.2) is 243 Å². The predicted molar refractivity (Wildman–Crippen MR) is 295 cm³/mol. The highest BCUT2D eigenvalue weighted by Gasteiger charge is 2.25. The third-order valence-corrected chi connectivity index (χ3v) is 14.5. The lowest BCUT2D eigenvalue weighted by molar-refractivity contribution is 0.935. The molecule has 0 amide bonds. The van der Waals surface area contributed by atoms with Crippen LogP contribution in [0.25, 0.3) is 93.4 Å². The lowest BCUT2D eigenvalue weighted by atomic mass is 9.95. The zero-order valence-corrected chi connectivity index (χ0v) is 38.6. The van der Waals surface area contributed by atoms with Crippen LogP contribution in [-0.4, -0.2) is 8.97 Å². The molecule has 0 N–H and O–H groups in total. The van der Waals surface area contributed by atoms with E-state index in [1.54, 1.807) is 11.6 Å². The van der Waals surface area contributed by atoms with Crippen molar-refractivity contribution in [3.05, 3.63) is 254 Å². The van der Waals surface area contributed by atoms with Crippen LogP contribution in [0.2, 0.25) is 0 Å². The number of para-hydroxylation sites is 6. The largest absolute Gasteiger partial charge is 0.309 e. The Labute approximate surface area is 402 Å². The lowest BCUT2D eigenvalue weighted by Crippen LogP contribution is -2.11. The molecule has 3 heteroatoms. The van der Waals surface area contributed by atoms with Gasteiger partial charge in [0.25, 0.3) is 0 Å². The van der Waals surface area contributed by atoms with Crippen molar-refractivity contribution >= 4 is 82.5 Å². The average molecular weight is 884 g/mol. The van der Waals surface area contributed by atoms with Gasteiger partial charge in [-0.1, -0.05) is 182 Å². The van der Waals surface area contributed by atoms with Crippen LogP contribution in [-0.2, 0) is 6.42 Å². The summed E-state index contributed by atoms with van der Waals surface area (Å²) in [4.78, 5) is 2.47. The van der Waals surface area contributed by atoms with Crippen LogP contribution in [0.1, 0.15) is 30.9 Å². The third-order valence-electron chi connectivity index (χ3n) is 14.5. The van der Waals surface area contributed by atoms with E-state index in [1.165, 1.54) is 105 Å². The molecule has 3 aromatic heterocycles. The molecule has 12 aromatic rings. The summed E-state index contributed by atoms with van der Waals surface area (Å²) in [5.41, 5.74) is 21.4. The molecule has 9 aromatic carbocycles. The van der Waals surface area contributed by atoms with E-state index in [0.717, 1.165) is 35.6 Å². The predicted octanol–water partition coefficient (Wildman–Crippen LogP) is 18.1. The maximum absolute atomic E-state index is 3.46. The molecule has 0 spiro atoms. The summed E-state index contributed by atoms with van der Waals surface area (Å²) in [6.07, 6.45) is 13.7. The van der Waals surface area contributed by atoms with Gasteiger partial charge in [-0.2, -0.15) is 0 Å². The summed E-state index contributed by atoms with van der Waals surface area (Å²) in [7, 11) is 0. The fourth-order valence-corrected chi connectivity index (χ4v) is 11.5. The van der Waals surface area contributed by atoms with Crippen LogP contribution < -0.4 is 4.90 Å². The lowest BCUT2D eigenvalue weighted by Gasteiger charge is -2.27. The van der Waals surface area contributed by atoms with Gasteiger partial charge in [-0.3, -0.25) is 0 Å². The van der Waals surface area contributed by atoms with Crippen molar-refractivity contribution in [2.45, 2.75) is 26.2 Å². The number of benzene rings is 9. The molecule has 14 rings (SSSR count). The Morgan fingerprint density at radius 1 is 0.507 bits per heavy atom. The molecule has 0 unspecified atom stereocenters. The maximum Gasteiger partial charge on any atom is 0.0782 e. The van der Waals surface area contributed by atoms with E-state index >= 15 is 0 Å². The van der Waals surface area contributed by atoms with Gasteiger partial charge in [0, 0.05) is 54.9 Å². The first-order chi connectivity index (χ1) is 34.2. The normalized spacial score (nSPS) is 13.3. The number of rotatable bonds is 7. The van der Waals surface area contributed by atoms with Gasteiger partial charge in [0.05, 0.1) is 33.3 Å². The van der Waals surface area contributed by atoms with Crippen molar-refractivity contribution in [3.63, 3.8) is 0 Å². The molecule has 2 aliphatic rings. The zero-order valence-electron chi connectivity index (χ0n) is 38.6. The zero-order chi connectivity index (χ0) is 46.0. The standard InChI is InChI=1S/C61H41N3.C5H8/c1-2-14-44(15-3-1)63-56-24-8-6-17-49(56)51-20-10-19-48(59(51)63)40-31-35-46(36-32-40)62(45-33-29-39(30-34-45)41-27-28-43-37-42-13-4-5-16-47(42)55(43)38-41)58-26-12-23-54-53-22-11-21-52-50-18-7-9-25-57(50)64(60(52)53)61(54)58;1-3-5-4-2/h1-3,5-12,14-36,38H,4,13,37H2;3-5H,1H2,2H3/b;5-4-. The van der Waals surface area contributed by atoms with E-state index in [-0.39, 0.29) is 0 Å². The van der Waals surface area contributed by atoms with Crippen molar-refractivity contribution in [1.82, 2.24) is 8.97 Å². The van der Waals surface area contributed by atoms with Gasteiger partial charge in [0.1, 0.15) is 0 Å². The van der Waals surface area contributed by atoms with E-state index in [0.29, 0.717) is 0 Å². The molecule has 3 heterocycles. The van der Waals surface area contributed by atoms with Gasteiger partial charge in [0.2, 0.25) is 0 Å². The first-order valence-electron chi connectivity index (χ1n) is 24.2. The van der Waals surface area contributed by atoms with Crippen molar-refractivity contribution in [1.29, 1.82) is 0 Å². The molecule has 0 aliphatic heterocycles. The van der Waals surface area contributed by atoms with Crippen LogP contribution in [0.3, 0.4) is 0 Å². The van der Waals surface area contributed by atoms with Crippen molar-refractivity contribution in [2.75, 3.05) is 4.90 Å². The number of hydrogen-bond acceptors (Lipinski definition) is 1. The Bertz CT molecular complexity index is 4040. The van der Waals surface area contributed by atoms with Crippen LogP contribution in [0.4, 0.5) is 17.1 Å². The Hall–Kier alpha value is -8.66. The quantitative estimate of drug-likeness (QED) is 0.145. The van der Waals surface area contributed by atoms with Crippen LogP contribution in [0, 0.1) is 0 Å². The summed E-state index contributed by atoms with van der Waals surface area (Å²) >= 11 is 0. The van der Waals surface area contributed by atoms with Crippen molar-refractivity contribution in [2.24, 2.45) is 0 Å². The highest BCUT2D eigenvalue weighted by atomic mass is 15.2. The van der Waals surface area contributed by atoms with Gasteiger partial charge >= 0.3 is 0 Å². The first kappa shape index (κ1) is 40.6. The molecule has 0 radical (unpaired) electrons. The summed E-state index contributed by atoms with van der Waals surface area (Å²) in [5.74, 6) is 0. The molecule has 328 valence electrons. The summed E-state index contributed by atoms with van der Waals surface area (Å²) in [5, 5.41) is 7.62. The highest BCUT2D eigenvalue weighted by molar-refractivity contribution is 6.25. The monoisotopic (exact) mass is 883 g/mol. The summed E-state index contributed by atoms with van der Waals surface area (Å²) in [6, 6.07) is 74.3. The Morgan fingerprint density at radius 3 is 1.83 bits per heavy atom. The van der Waals surface area contributed by atoms with Crippen molar-refractivity contribution < 1.29 is 0 Å². The smallest absolute Gasteiger partial charge is 0.0782 e. The van der Waals surface area contributed by atoms with Gasteiger partial charge < -0.3 is 13.9 Å². The third kappa shape index (κ3) is 6.49. The molecule has 0 fully saturated rings. The Balaban J connectivity index is 0.000000895. The van der Waals surface area contributed by atoms with Gasteiger partial charge in [-0.25, -0.2) is 0 Å². The second kappa shape index (κ2) is 16.6. The Morgan fingerprint density at radius 2 is 1.10 bits per heavy atom. The molecule has 0 bridgehead atoms. The summed E-state index contributed by atoms with van der Waals surface area (Å²) < 4.78 is 4.94. The molecule has 0 atom stereocenters. The average Bonchev–Trinajstić information content (AvgIpc) is 4.16. The minimum atomic E-state index is 1.09. The number of fused-ring (bicyclic) bond motifs is 11. The molecule has 69 heavy (non-hydrogen) atoms. The van der Waals surface area contributed by atoms with Crippen molar-refractivity contribution in [3.8, 4) is 27.9 Å². The number of nitrogens with zero attached hydrogens (tertiary/aromatic N) is 3. The van der Waals surface area contributed by atoms with Gasteiger partial charge in [-0.15, -0.1) is 0 Å². The SMILES string of the molecule is C1=CC2=C(CC1)Cc1ccc(-c3ccc(N(c4ccc(-c5cccc6c7ccccc7n(-c7ccccc7)c56)cc4)c4cccc5c6cccc7c8ccccc8n(c45)c76)cc3)cc12.C=C/C=C\C. The number of hydrogen-bond donors (Lipinski definition) is 0. The molecule has 3 nitrogen and oxygen atoms in total. The second-order valence-electron chi connectivity index (χ2n) is 18.3. The Kier molecular flexibility index (Phi) is 9.76. The number of allylic oxidation sites excluding steroid dienone is 7. The molecule has 0 saturated heterocycles. The van der Waals surface area contributed by atoms with E-state index in [9.17, 15) is 0 Å². The van der Waals surface area contributed by atoms with E-state index in [2.05, 4.69) is 233 Å². The number of aromatic nitrogens is 2. The van der Waals surface area contributed by atoms with Crippen LogP contribution >= 0.6 is 0 Å². The van der Waals surface area contributed by atoms with E-state index in [1.807, 2.05) is 19.1 Å². The second-order valence-corrected chi connectivity index (χ2v) is 18.3. The molecular formula is C66H49N3. The first-order valence-corrected chi connectivity index (χ1v) is 24.2. The van der Waals surface area contributed by atoms with E-state index < -0.39 is 0 Å². The van der Waals surface area contributed by atoms with E-state index in [4.69, 9.17) is 0 Å². The molecule has 0 saturated carbocycles. The van der Waals surface area contributed by atoms with Gasteiger partial charge in [0.15, 0.2) is 0 Å². The highest BCUT2D eigenvalue weighted by Crippen LogP contribution is 2.47. The molecule has 2 aliphatic carbocycles. The van der Waals surface area contributed by atoms with Crippen LogP contribution in [0.5, 0.6) is 0 Å². The maximum atomic E-state index is 3.46. The topological polar surface area (TPSA) is 12.6 Å². The van der Waals surface area contributed by atoms with Gasteiger partial charge in [-0.05, 0) is 120 Å². The number of anilines is 3. The minimum Gasteiger partial charge on any atom is -0.309 e. The fourth-order valence-electron chi connectivity index (χ4n) is 11.5. The summed E-state index contributed by atoms with van der Waals surface area (Å²) in [6.45, 7) is 5.42.